The Kier molecular flexibility index (Phi) is 2.72. The molecule has 0 aliphatic carbocycles. The summed E-state index contributed by atoms with van der Waals surface area (Å²) in [5, 5.41) is 17.0. The summed E-state index contributed by atoms with van der Waals surface area (Å²) >= 11 is 2.90. The van der Waals surface area contributed by atoms with Gasteiger partial charge >= 0.3 is 0 Å². The topological polar surface area (TPSA) is 62.5 Å². The van der Waals surface area contributed by atoms with Crippen LogP contribution >= 0.6 is 23.1 Å². The van der Waals surface area contributed by atoms with Crippen molar-refractivity contribution in [2.45, 2.75) is 9.37 Å². The molecular weight excluding hydrogens is 216 g/mol. The van der Waals surface area contributed by atoms with Gasteiger partial charge in [-0.05, 0) is 23.9 Å². The summed E-state index contributed by atoms with van der Waals surface area (Å²) < 4.78 is 0.849. The van der Waals surface area contributed by atoms with Crippen molar-refractivity contribution in [2.75, 3.05) is 0 Å². The summed E-state index contributed by atoms with van der Waals surface area (Å²) in [6.45, 7) is 0. The molecule has 2 rings (SSSR count). The Bertz CT molecular complexity index is 443. The lowest BCUT2D eigenvalue weighted by Gasteiger charge is -1.94. The van der Waals surface area contributed by atoms with Gasteiger partial charge in [0.05, 0.1) is 5.56 Å². The van der Waals surface area contributed by atoms with Crippen LogP contribution in [0.1, 0.15) is 5.56 Å². The van der Waals surface area contributed by atoms with Gasteiger partial charge in [0.15, 0.2) is 4.34 Å². The fourth-order valence-corrected chi connectivity index (χ4v) is 2.17. The second-order valence-corrected chi connectivity index (χ2v) is 4.40. The van der Waals surface area contributed by atoms with Crippen LogP contribution in [0.3, 0.4) is 0 Å². The first-order chi connectivity index (χ1) is 6.88. The normalized spacial score (nSPS) is 9.64. The molecule has 4 nitrogen and oxygen atoms in total. The van der Waals surface area contributed by atoms with E-state index in [9.17, 15) is 0 Å². The molecule has 2 aromatic rings. The standard InChI is InChI=1S/C8H4N4S2/c9-3-6-1-2-7(10-4-6)14-8-12-11-5-13-8/h1-2,4-5H. The van der Waals surface area contributed by atoms with Crippen molar-refractivity contribution in [1.29, 1.82) is 5.26 Å². The Labute approximate surface area is 88.6 Å². The summed E-state index contributed by atoms with van der Waals surface area (Å²) in [7, 11) is 0. The lowest BCUT2D eigenvalue weighted by atomic mass is 10.3. The molecule has 0 radical (unpaired) electrons. The molecule has 0 atom stereocenters. The highest BCUT2D eigenvalue weighted by molar-refractivity contribution is 8.00. The minimum absolute atomic E-state index is 0.562. The average molecular weight is 220 g/mol. The second-order valence-electron chi connectivity index (χ2n) is 2.30. The first kappa shape index (κ1) is 9.12. The van der Waals surface area contributed by atoms with E-state index in [4.69, 9.17) is 5.26 Å². The van der Waals surface area contributed by atoms with Gasteiger partial charge in [-0.15, -0.1) is 10.2 Å². The van der Waals surface area contributed by atoms with E-state index < -0.39 is 0 Å². The Hall–Kier alpha value is -1.45. The van der Waals surface area contributed by atoms with E-state index in [-0.39, 0.29) is 0 Å². The van der Waals surface area contributed by atoms with E-state index >= 15 is 0 Å². The van der Waals surface area contributed by atoms with Crippen LogP contribution in [0.2, 0.25) is 0 Å². The molecule has 6 heteroatoms. The Balaban J connectivity index is 2.15. The van der Waals surface area contributed by atoms with Gasteiger partial charge in [-0.2, -0.15) is 5.26 Å². The molecule has 0 spiro atoms. The maximum atomic E-state index is 8.57. The van der Waals surface area contributed by atoms with Crippen molar-refractivity contribution in [3.05, 3.63) is 29.4 Å². The van der Waals surface area contributed by atoms with Crippen LogP contribution < -0.4 is 0 Å². The van der Waals surface area contributed by atoms with Gasteiger partial charge in [0.25, 0.3) is 0 Å². The zero-order chi connectivity index (χ0) is 9.80. The lowest BCUT2D eigenvalue weighted by molar-refractivity contribution is 1.01. The molecule has 0 aliphatic rings. The van der Waals surface area contributed by atoms with Crippen LogP contribution in [0.25, 0.3) is 0 Å². The van der Waals surface area contributed by atoms with Crippen LogP contribution in [0.15, 0.2) is 33.2 Å². The summed E-state index contributed by atoms with van der Waals surface area (Å²) in [6.07, 6.45) is 1.55. The SMILES string of the molecule is N#Cc1ccc(Sc2nncs2)nc1. The fourth-order valence-electron chi connectivity index (χ4n) is 0.804. The molecule has 0 N–H and O–H groups in total. The Morgan fingerprint density at radius 3 is 2.93 bits per heavy atom. The molecule has 0 aliphatic heterocycles. The fraction of sp³-hybridized carbons (Fsp3) is 0. The highest BCUT2D eigenvalue weighted by Crippen LogP contribution is 2.26. The monoisotopic (exact) mass is 220 g/mol. The first-order valence-electron chi connectivity index (χ1n) is 3.68. The molecule has 0 fully saturated rings. The summed E-state index contributed by atoms with van der Waals surface area (Å²) in [5.41, 5.74) is 2.23. The summed E-state index contributed by atoms with van der Waals surface area (Å²) in [5.74, 6) is 0. The van der Waals surface area contributed by atoms with E-state index in [1.54, 1.807) is 23.8 Å². The minimum atomic E-state index is 0.562. The van der Waals surface area contributed by atoms with Crippen molar-refractivity contribution in [3.63, 3.8) is 0 Å². The third-order valence-electron chi connectivity index (χ3n) is 1.40. The third kappa shape index (κ3) is 2.07. The van der Waals surface area contributed by atoms with E-state index in [0.717, 1.165) is 9.37 Å². The number of pyridine rings is 1. The van der Waals surface area contributed by atoms with Gasteiger partial charge in [0.1, 0.15) is 16.6 Å². The molecule has 0 unspecified atom stereocenters. The maximum absolute atomic E-state index is 8.57. The number of hydrogen-bond donors (Lipinski definition) is 0. The van der Waals surface area contributed by atoms with Gasteiger partial charge in [-0.1, -0.05) is 11.3 Å². The second kappa shape index (κ2) is 4.17. The van der Waals surface area contributed by atoms with Crippen molar-refractivity contribution < 1.29 is 0 Å². The van der Waals surface area contributed by atoms with Gasteiger partial charge in [-0.25, -0.2) is 4.98 Å². The van der Waals surface area contributed by atoms with Crippen molar-refractivity contribution in [3.8, 4) is 6.07 Å². The van der Waals surface area contributed by atoms with E-state index in [0.29, 0.717) is 5.56 Å². The number of hydrogen-bond acceptors (Lipinski definition) is 6. The van der Waals surface area contributed by atoms with E-state index in [2.05, 4.69) is 15.2 Å². The highest BCUT2D eigenvalue weighted by Gasteiger charge is 2.01. The largest absolute Gasteiger partial charge is 0.248 e. The van der Waals surface area contributed by atoms with Gasteiger partial charge in [-0.3, -0.25) is 0 Å². The van der Waals surface area contributed by atoms with Gasteiger partial charge < -0.3 is 0 Å². The quantitative estimate of drug-likeness (QED) is 0.774. The van der Waals surface area contributed by atoms with E-state index in [1.165, 1.54) is 23.1 Å². The predicted octanol–water partition coefficient (Wildman–Crippen LogP) is 1.96. The zero-order valence-corrected chi connectivity index (χ0v) is 8.55. The highest BCUT2D eigenvalue weighted by atomic mass is 32.2. The molecule has 0 saturated carbocycles. The molecule has 0 bridgehead atoms. The lowest BCUT2D eigenvalue weighted by Crippen LogP contribution is -1.81. The van der Waals surface area contributed by atoms with E-state index in [1.807, 2.05) is 6.07 Å². The maximum Gasteiger partial charge on any atom is 0.180 e. The van der Waals surface area contributed by atoms with Crippen LogP contribution in [-0.2, 0) is 0 Å². The molecule has 2 aromatic heterocycles. The average Bonchev–Trinajstić information content (AvgIpc) is 2.72. The molecule has 2 heterocycles. The van der Waals surface area contributed by atoms with Crippen molar-refractivity contribution in [1.82, 2.24) is 15.2 Å². The van der Waals surface area contributed by atoms with Gasteiger partial charge in [0, 0.05) is 6.20 Å². The first-order valence-corrected chi connectivity index (χ1v) is 5.38. The predicted molar refractivity (Wildman–Crippen MR) is 53.0 cm³/mol. The van der Waals surface area contributed by atoms with Gasteiger partial charge in [0.2, 0.25) is 0 Å². The molecule has 0 amide bonds. The molecular formula is C8H4N4S2. The molecule has 14 heavy (non-hydrogen) atoms. The minimum Gasteiger partial charge on any atom is -0.248 e. The Morgan fingerprint density at radius 2 is 2.36 bits per heavy atom. The number of nitriles is 1. The summed E-state index contributed by atoms with van der Waals surface area (Å²) in [4.78, 5) is 4.10. The van der Waals surface area contributed by atoms with Crippen LogP contribution in [0, 0.1) is 11.3 Å². The van der Waals surface area contributed by atoms with Crippen molar-refractivity contribution in [2.24, 2.45) is 0 Å². The molecule has 68 valence electrons. The number of rotatable bonds is 2. The number of nitrogens with zero attached hydrogens (tertiary/aromatic N) is 4. The van der Waals surface area contributed by atoms with Crippen LogP contribution in [0.5, 0.6) is 0 Å². The summed E-state index contributed by atoms with van der Waals surface area (Å²) in [6, 6.07) is 5.54. The zero-order valence-electron chi connectivity index (χ0n) is 6.91. The molecule has 0 saturated heterocycles. The number of aromatic nitrogens is 3. The van der Waals surface area contributed by atoms with Crippen LogP contribution in [0.4, 0.5) is 0 Å². The third-order valence-corrected chi connectivity index (χ3v) is 3.13. The smallest absolute Gasteiger partial charge is 0.180 e. The molecule has 0 aromatic carbocycles. The van der Waals surface area contributed by atoms with Crippen LogP contribution in [-0.4, -0.2) is 15.2 Å². The van der Waals surface area contributed by atoms with Crippen molar-refractivity contribution >= 4 is 23.1 Å². The Morgan fingerprint density at radius 1 is 1.43 bits per heavy atom.